The normalized spacial score (nSPS) is 11.6. The molecule has 102 valence electrons. The van der Waals surface area contributed by atoms with Gasteiger partial charge >= 0.3 is 0 Å². The largest absolute Gasteiger partial charge is 0.383 e. The van der Waals surface area contributed by atoms with Crippen LogP contribution in [0.25, 0.3) is 11.3 Å². The van der Waals surface area contributed by atoms with Gasteiger partial charge in [-0.15, -0.1) is 0 Å². The molecule has 0 fully saturated rings. The summed E-state index contributed by atoms with van der Waals surface area (Å²) in [5.74, 6) is 0.597. The van der Waals surface area contributed by atoms with Crippen molar-refractivity contribution in [3.05, 3.63) is 30.9 Å². The van der Waals surface area contributed by atoms with Crippen molar-refractivity contribution in [2.45, 2.75) is 13.0 Å². The predicted molar refractivity (Wildman–Crippen MR) is 74.2 cm³/mol. The zero-order chi connectivity index (χ0) is 13.9. The summed E-state index contributed by atoms with van der Waals surface area (Å²) >= 11 is 0. The fraction of sp³-hybridized carbons (Fsp3) is 0.333. The first-order chi connectivity index (χ1) is 8.97. The van der Waals surface area contributed by atoms with E-state index in [0.717, 1.165) is 11.3 Å². The molecule has 0 saturated heterocycles. The number of nitrogens with zero attached hydrogens (tertiary/aromatic N) is 3. The second-order valence-corrected chi connectivity index (χ2v) is 6.65. The Labute approximate surface area is 112 Å². The Morgan fingerprint density at radius 3 is 2.89 bits per heavy atom. The minimum absolute atomic E-state index is 0.160. The number of hydrogen-bond acceptors (Lipinski definition) is 5. The van der Waals surface area contributed by atoms with Crippen LogP contribution in [0, 0.1) is 0 Å². The Morgan fingerprint density at radius 1 is 1.42 bits per heavy atom. The van der Waals surface area contributed by atoms with Crippen LogP contribution >= 0.6 is 0 Å². The van der Waals surface area contributed by atoms with E-state index in [0.29, 0.717) is 18.8 Å². The quantitative estimate of drug-likeness (QED) is 0.881. The van der Waals surface area contributed by atoms with Crippen molar-refractivity contribution >= 4 is 15.7 Å². The Hall–Kier alpha value is -1.89. The molecule has 0 bridgehead atoms. The van der Waals surface area contributed by atoms with Crippen molar-refractivity contribution in [1.82, 2.24) is 14.5 Å². The molecular weight excluding hydrogens is 264 g/mol. The van der Waals surface area contributed by atoms with Crippen molar-refractivity contribution in [3.8, 4) is 11.3 Å². The highest BCUT2D eigenvalue weighted by molar-refractivity contribution is 7.90. The first-order valence-corrected chi connectivity index (χ1v) is 7.92. The number of pyridine rings is 1. The minimum Gasteiger partial charge on any atom is -0.383 e. The number of nitrogens with two attached hydrogens (primary N) is 1. The molecule has 0 unspecified atom stereocenters. The maximum Gasteiger partial charge on any atom is 0.147 e. The predicted octanol–water partition coefficient (Wildman–Crippen LogP) is 0.962. The molecule has 0 aliphatic heterocycles. The third kappa shape index (κ3) is 3.54. The molecule has 0 atom stereocenters. The van der Waals surface area contributed by atoms with Gasteiger partial charge in [-0.1, -0.05) is 0 Å². The first-order valence-electron chi connectivity index (χ1n) is 5.86. The molecule has 0 aliphatic rings. The van der Waals surface area contributed by atoms with Crippen molar-refractivity contribution in [2.75, 3.05) is 17.7 Å². The van der Waals surface area contributed by atoms with Gasteiger partial charge in [-0.2, -0.15) is 0 Å². The summed E-state index contributed by atoms with van der Waals surface area (Å²) in [6.07, 6.45) is 6.78. The molecule has 0 amide bonds. The average molecular weight is 280 g/mol. The van der Waals surface area contributed by atoms with E-state index < -0.39 is 9.84 Å². The molecule has 6 nitrogen and oxygen atoms in total. The van der Waals surface area contributed by atoms with Crippen LogP contribution in [0.15, 0.2) is 30.9 Å². The fourth-order valence-electron chi connectivity index (χ4n) is 1.85. The molecule has 0 aromatic carbocycles. The van der Waals surface area contributed by atoms with E-state index in [2.05, 4.69) is 9.97 Å². The summed E-state index contributed by atoms with van der Waals surface area (Å²) in [5.41, 5.74) is 7.48. The monoisotopic (exact) mass is 280 g/mol. The van der Waals surface area contributed by atoms with Crippen LogP contribution in [0.3, 0.4) is 0 Å². The van der Waals surface area contributed by atoms with E-state index in [1.807, 2.05) is 10.6 Å². The lowest BCUT2D eigenvalue weighted by atomic mass is 10.2. The van der Waals surface area contributed by atoms with Crippen LogP contribution in [-0.2, 0) is 16.4 Å². The van der Waals surface area contributed by atoms with Gasteiger partial charge in [-0.05, 0) is 18.6 Å². The first kappa shape index (κ1) is 13.5. The van der Waals surface area contributed by atoms with Crippen molar-refractivity contribution in [2.24, 2.45) is 0 Å². The molecule has 0 radical (unpaired) electrons. The SMILES string of the molecule is CS(=O)(=O)CCCn1cncc1-c1cccnc1N. The van der Waals surface area contributed by atoms with E-state index in [1.165, 1.54) is 6.26 Å². The van der Waals surface area contributed by atoms with Gasteiger partial charge in [0.1, 0.15) is 15.7 Å². The Bertz CT molecular complexity index is 664. The van der Waals surface area contributed by atoms with Gasteiger partial charge < -0.3 is 10.3 Å². The van der Waals surface area contributed by atoms with Gasteiger partial charge in [0.05, 0.1) is 24.0 Å². The topological polar surface area (TPSA) is 90.9 Å². The summed E-state index contributed by atoms with van der Waals surface area (Å²) in [4.78, 5) is 8.12. The smallest absolute Gasteiger partial charge is 0.147 e. The number of sulfone groups is 1. The van der Waals surface area contributed by atoms with Crippen molar-refractivity contribution in [3.63, 3.8) is 0 Å². The zero-order valence-electron chi connectivity index (χ0n) is 10.7. The van der Waals surface area contributed by atoms with Crippen LogP contribution in [0.4, 0.5) is 5.82 Å². The molecule has 2 aromatic heterocycles. The lowest BCUT2D eigenvalue weighted by molar-refractivity contribution is 0.592. The second-order valence-electron chi connectivity index (χ2n) is 4.39. The molecule has 2 rings (SSSR count). The molecule has 7 heteroatoms. The standard InChI is InChI=1S/C12H16N4O2S/c1-19(17,18)7-3-6-16-9-14-8-11(16)10-4-2-5-15-12(10)13/h2,4-5,8-9H,3,6-7H2,1H3,(H2,13,15). The van der Waals surface area contributed by atoms with Gasteiger partial charge in [0, 0.05) is 24.6 Å². The molecule has 2 N–H and O–H groups in total. The maximum absolute atomic E-state index is 11.1. The van der Waals surface area contributed by atoms with Gasteiger partial charge in [0.2, 0.25) is 0 Å². The van der Waals surface area contributed by atoms with E-state index >= 15 is 0 Å². The van der Waals surface area contributed by atoms with Crippen molar-refractivity contribution in [1.29, 1.82) is 0 Å². The third-order valence-corrected chi connectivity index (χ3v) is 3.77. The summed E-state index contributed by atoms with van der Waals surface area (Å²) < 4.78 is 24.1. The molecule has 0 saturated carbocycles. The number of imidazole rings is 1. The van der Waals surface area contributed by atoms with E-state index in [-0.39, 0.29) is 5.75 Å². The maximum atomic E-state index is 11.1. The second kappa shape index (κ2) is 5.40. The summed E-state index contributed by atoms with van der Waals surface area (Å²) in [6, 6.07) is 3.67. The summed E-state index contributed by atoms with van der Waals surface area (Å²) in [5, 5.41) is 0. The number of aromatic nitrogens is 3. The van der Waals surface area contributed by atoms with Crippen molar-refractivity contribution < 1.29 is 8.42 Å². The lowest BCUT2D eigenvalue weighted by Crippen LogP contribution is -2.08. The number of nitrogen functional groups attached to an aromatic ring is 1. The van der Waals surface area contributed by atoms with Crippen LogP contribution in [0.2, 0.25) is 0 Å². The van der Waals surface area contributed by atoms with Crippen LogP contribution in [0.1, 0.15) is 6.42 Å². The number of anilines is 1. The van der Waals surface area contributed by atoms with Crippen LogP contribution in [0.5, 0.6) is 0 Å². The minimum atomic E-state index is -2.93. The van der Waals surface area contributed by atoms with Gasteiger partial charge in [0.25, 0.3) is 0 Å². The summed E-state index contributed by atoms with van der Waals surface area (Å²) in [6.45, 7) is 0.580. The molecule has 19 heavy (non-hydrogen) atoms. The fourth-order valence-corrected chi connectivity index (χ4v) is 2.51. The van der Waals surface area contributed by atoms with Gasteiger partial charge in [-0.3, -0.25) is 0 Å². The number of aryl methyl sites for hydroxylation is 1. The molecule has 0 spiro atoms. The molecular formula is C12H16N4O2S. The Kier molecular flexibility index (Phi) is 3.84. The summed E-state index contributed by atoms with van der Waals surface area (Å²) in [7, 11) is -2.93. The van der Waals surface area contributed by atoms with E-state index in [9.17, 15) is 8.42 Å². The average Bonchev–Trinajstić information content (AvgIpc) is 2.76. The highest BCUT2D eigenvalue weighted by atomic mass is 32.2. The van der Waals surface area contributed by atoms with Gasteiger partial charge in [0.15, 0.2) is 0 Å². The third-order valence-electron chi connectivity index (χ3n) is 2.74. The zero-order valence-corrected chi connectivity index (χ0v) is 11.5. The Balaban J connectivity index is 2.17. The lowest BCUT2D eigenvalue weighted by Gasteiger charge is -2.09. The highest BCUT2D eigenvalue weighted by Crippen LogP contribution is 2.23. The molecule has 2 heterocycles. The van der Waals surface area contributed by atoms with Gasteiger partial charge in [-0.25, -0.2) is 18.4 Å². The number of rotatable bonds is 5. The Morgan fingerprint density at radius 2 is 2.21 bits per heavy atom. The van der Waals surface area contributed by atoms with E-state index in [4.69, 9.17) is 5.73 Å². The molecule has 0 aliphatic carbocycles. The highest BCUT2D eigenvalue weighted by Gasteiger charge is 2.09. The van der Waals surface area contributed by atoms with E-state index in [1.54, 1.807) is 24.8 Å². The van der Waals surface area contributed by atoms with Crippen LogP contribution in [-0.4, -0.2) is 35.0 Å². The van der Waals surface area contributed by atoms with Crippen LogP contribution < -0.4 is 5.73 Å². The number of hydrogen-bond donors (Lipinski definition) is 1. The molecule has 2 aromatic rings.